The second-order valence-corrected chi connectivity index (χ2v) is 7.56. The van der Waals surface area contributed by atoms with Crippen LogP contribution in [0, 0.1) is 17.6 Å². The van der Waals surface area contributed by atoms with Crippen LogP contribution in [0.15, 0.2) is 18.2 Å². The summed E-state index contributed by atoms with van der Waals surface area (Å²) >= 11 is 0. The van der Waals surface area contributed by atoms with Gasteiger partial charge in [0.2, 0.25) is 0 Å². The molecule has 2 amide bonds. The van der Waals surface area contributed by atoms with Gasteiger partial charge in [-0.1, -0.05) is 0 Å². The van der Waals surface area contributed by atoms with Crippen LogP contribution in [-0.2, 0) is 0 Å². The SMILES string of the molecule is O=C(N[C@H](c1cc(F)ccc1F)C1CC1)N1CC[C@H](N2CCCC2)C1. The van der Waals surface area contributed by atoms with E-state index in [1.165, 1.54) is 18.9 Å². The second kappa shape index (κ2) is 6.90. The first kappa shape index (κ1) is 16.8. The molecular formula is C19H25F2N3O. The molecule has 0 aromatic heterocycles. The van der Waals surface area contributed by atoms with Gasteiger partial charge in [-0.2, -0.15) is 0 Å². The lowest BCUT2D eigenvalue weighted by atomic mass is 10.0. The standard InChI is InChI=1S/C19H25F2N3O/c20-14-5-6-17(21)16(11-14)18(13-3-4-13)22-19(25)24-10-7-15(12-24)23-8-1-2-9-23/h5-6,11,13,15,18H,1-4,7-10,12H2,(H,22,25)/t15-,18-/m0/s1. The number of rotatable bonds is 4. The number of hydrogen-bond donors (Lipinski definition) is 1. The molecule has 4 rings (SSSR count). The fraction of sp³-hybridized carbons (Fsp3) is 0.632. The van der Waals surface area contributed by atoms with Crippen LogP contribution in [0.4, 0.5) is 13.6 Å². The molecule has 1 N–H and O–H groups in total. The molecule has 3 fully saturated rings. The number of carbonyl (C=O) groups excluding carboxylic acids is 1. The predicted molar refractivity (Wildman–Crippen MR) is 91.1 cm³/mol. The molecule has 6 heteroatoms. The zero-order chi connectivity index (χ0) is 17.4. The number of benzene rings is 1. The van der Waals surface area contributed by atoms with Gasteiger partial charge in [0.15, 0.2) is 0 Å². The summed E-state index contributed by atoms with van der Waals surface area (Å²) < 4.78 is 27.7. The van der Waals surface area contributed by atoms with E-state index in [9.17, 15) is 13.6 Å². The molecule has 1 aliphatic carbocycles. The van der Waals surface area contributed by atoms with E-state index in [1.807, 2.05) is 4.90 Å². The Kier molecular flexibility index (Phi) is 4.63. The van der Waals surface area contributed by atoms with Gasteiger partial charge < -0.3 is 10.2 Å². The minimum atomic E-state index is -0.466. The van der Waals surface area contributed by atoms with Crippen molar-refractivity contribution in [1.82, 2.24) is 15.1 Å². The molecule has 0 spiro atoms. The van der Waals surface area contributed by atoms with Gasteiger partial charge in [0, 0.05) is 24.7 Å². The fourth-order valence-electron chi connectivity index (χ4n) is 4.19. The van der Waals surface area contributed by atoms with Gasteiger partial charge in [0.25, 0.3) is 0 Å². The number of amides is 2. The van der Waals surface area contributed by atoms with Crippen molar-refractivity contribution in [2.75, 3.05) is 26.2 Å². The van der Waals surface area contributed by atoms with E-state index < -0.39 is 17.7 Å². The van der Waals surface area contributed by atoms with Crippen LogP contribution < -0.4 is 5.32 Å². The molecule has 0 bridgehead atoms. The van der Waals surface area contributed by atoms with Gasteiger partial charge in [-0.05, 0) is 69.3 Å². The lowest BCUT2D eigenvalue weighted by Crippen LogP contribution is -2.43. The Morgan fingerprint density at radius 2 is 1.88 bits per heavy atom. The first-order valence-electron chi connectivity index (χ1n) is 9.36. The van der Waals surface area contributed by atoms with E-state index in [-0.39, 0.29) is 17.5 Å². The van der Waals surface area contributed by atoms with Gasteiger partial charge in [-0.15, -0.1) is 0 Å². The van der Waals surface area contributed by atoms with Gasteiger partial charge in [-0.25, -0.2) is 13.6 Å². The Labute approximate surface area is 147 Å². The largest absolute Gasteiger partial charge is 0.331 e. The predicted octanol–water partition coefficient (Wildman–Crippen LogP) is 3.30. The summed E-state index contributed by atoms with van der Waals surface area (Å²) in [7, 11) is 0. The van der Waals surface area contributed by atoms with Crippen LogP contribution in [0.5, 0.6) is 0 Å². The smallest absolute Gasteiger partial charge is 0.317 e. The highest BCUT2D eigenvalue weighted by atomic mass is 19.1. The monoisotopic (exact) mass is 349 g/mol. The number of hydrogen-bond acceptors (Lipinski definition) is 2. The average Bonchev–Trinajstić information content (AvgIpc) is 3.10. The molecule has 0 radical (unpaired) electrons. The molecule has 25 heavy (non-hydrogen) atoms. The average molecular weight is 349 g/mol. The lowest BCUT2D eigenvalue weighted by Gasteiger charge is -2.26. The summed E-state index contributed by atoms with van der Waals surface area (Å²) in [5, 5.41) is 2.98. The minimum absolute atomic E-state index is 0.151. The highest BCUT2D eigenvalue weighted by Crippen LogP contribution is 2.42. The maximum absolute atomic E-state index is 14.2. The maximum Gasteiger partial charge on any atom is 0.317 e. The third-order valence-corrected chi connectivity index (χ3v) is 5.77. The molecular weight excluding hydrogens is 324 g/mol. The number of nitrogens with zero attached hydrogens (tertiary/aromatic N) is 2. The third kappa shape index (κ3) is 3.64. The van der Waals surface area contributed by atoms with Crippen molar-refractivity contribution in [2.24, 2.45) is 5.92 Å². The lowest BCUT2D eigenvalue weighted by molar-refractivity contribution is 0.193. The van der Waals surface area contributed by atoms with Gasteiger partial charge >= 0.3 is 6.03 Å². The van der Waals surface area contributed by atoms with E-state index in [0.717, 1.165) is 57.6 Å². The molecule has 2 heterocycles. The van der Waals surface area contributed by atoms with Gasteiger partial charge in [0.1, 0.15) is 11.6 Å². The molecule has 1 aromatic carbocycles. The van der Waals surface area contributed by atoms with Crippen LogP contribution in [0.25, 0.3) is 0 Å². The van der Waals surface area contributed by atoms with Crippen molar-refractivity contribution in [3.05, 3.63) is 35.4 Å². The van der Waals surface area contributed by atoms with Crippen LogP contribution in [0.2, 0.25) is 0 Å². The molecule has 1 aromatic rings. The highest BCUT2D eigenvalue weighted by Gasteiger charge is 2.38. The van der Waals surface area contributed by atoms with Crippen LogP contribution in [0.1, 0.15) is 43.7 Å². The Balaban J connectivity index is 1.42. The maximum atomic E-state index is 14.2. The Hall–Kier alpha value is -1.69. The van der Waals surface area contributed by atoms with Crippen molar-refractivity contribution < 1.29 is 13.6 Å². The molecule has 2 atom stereocenters. The highest BCUT2D eigenvalue weighted by molar-refractivity contribution is 5.75. The van der Waals surface area contributed by atoms with Crippen LogP contribution in [-0.4, -0.2) is 48.1 Å². The summed E-state index contributed by atoms with van der Waals surface area (Å²) in [4.78, 5) is 17.0. The Morgan fingerprint density at radius 3 is 2.60 bits per heavy atom. The van der Waals surface area contributed by atoms with E-state index in [0.29, 0.717) is 6.04 Å². The molecule has 136 valence electrons. The topological polar surface area (TPSA) is 35.6 Å². The summed E-state index contributed by atoms with van der Waals surface area (Å²) in [5.74, 6) is -0.709. The van der Waals surface area contributed by atoms with Crippen molar-refractivity contribution in [3.63, 3.8) is 0 Å². The number of nitrogens with one attached hydrogen (secondary N) is 1. The number of urea groups is 1. The summed E-state index contributed by atoms with van der Waals surface area (Å²) in [6.07, 6.45) is 5.36. The fourth-order valence-corrected chi connectivity index (χ4v) is 4.19. The van der Waals surface area contributed by atoms with E-state index in [4.69, 9.17) is 0 Å². The zero-order valence-electron chi connectivity index (χ0n) is 14.4. The van der Waals surface area contributed by atoms with Crippen molar-refractivity contribution in [3.8, 4) is 0 Å². The molecule has 0 unspecified atom stereocenters. The quantitative estimate of drug-likeness (QED) is 0.905. The number of halogens is 2. The molecule has 1 saturated carbocycles. The van der Waals surface area contributed by atoms with Crippen LogP contribution >= 0.6 is 0 Å². The van der Waals surface area contributed by atoms with E-state index >= 15 is 0 Å². The van der Waals surface area contributed by atoms with E-state index in [1.54, 1.807) is 0 Å². The summed E-state index contributed by atoms with van der Waals surface area (Å²) in [6.45, 7) is 3.71. The first-order valence-corrected chi connectivity index (χ1v) is 9.36. The Morgan fingerprint density at radius 1 is 1.12 bits per heavy atom. The van der Waals surface area contributed by atoms with Gasteiger partial charge in [0.05, 0.1) is 6.04 Å². The van der Waals surface area contributed by atoms with Gasteiger partial charge in [-0.3, -0.25) is 4.90 Å². The minimum Gasteiger partial charge on any atom is -0.331 e. The van der Waals surface area contributed by atoms with Crippen molar-refractivity contribution in [2.45, 2.75) is 44.2 Å². The molecule has 3 aliphatic rings. The first-order chi connectivity index (χ1) is 12.1. The third-order valence-electron chi connectivity index (χ3n) is 5.77. The number of carbonyl (C=O) groups is 1. The van der Waals surface area contributed by atoms with Crippen LogP contribution in [0.3, 0.4) is 0 Å². The molecule has 4 nitrogen and oxygen atoms in total. The number of likely N-dealkylation sites (tertiary alicyclic amines) is 2. The summed E-state index contributed by atoms with van der Waals surface area (Å²) in [6, 6.07) is 3.34. The van der Waals surface area contributed by atoms with E-state index in [2.05, 4.69) is 10.2 Å². The second-order valence-electron chi connectivity index (χ2n) is 7.56. The normalized spacial score (nSPS) is 25.4. The van der Waals surface area contributed by atoms with Crippen molar-refractivity contribution >= 4 is 6.03 Å². The zero-order valence-corrected chi connectivity index (χ0v) is 14.4. The Bertz CT molecular complexity index is 644. The molecule has 2 saturated heterocycles. The molecule has 2 aliphatic heterocycles. The van der Waals surface area contributed by atoms with Crippen molar-refractivity contribution in [1.29, 1.82) is 0 Å². The summed E-state index contributed by atoms with van der Waals surface area (Å²) in [5.41, 5.74) is 0.270.